The first-order valence-corrected chi connectivity index (χ1v) is 3.87. The molecule has 0 aliphatic heterocycles. The van der Waals surface area contributed by atoms with Gasteiger partial charge in [-0.25, -0.2) is 0 Å². The fraction of sp³-hybridized carbons (Fsp3) is 0.625. The van der Waals surface area contributed by atoms with Gasteiger partial charge in [-0.1, -0.05) is 13.8 Å². The zero-order valence-corrected chi connectivity index (χ0v) is 7.33. The van der Waals surface area contributed by atoms with E-state index in [1.54, 1.807) is 4.68 Å². The molecule has 11 heavy (non-hydrogen) atoms. The normalized spacial score (nSPS) is 10.9. The van der Waals surface area contributed by atoms with E-state index >= 15 is 0 Å². The van der Waals surface area contributed by atoms with Crippen molar-refractivity contribution in [3.8, 4) is 0 Å². The summed E-state index contributed by atoms with van der Waals surface area (Å²) >= 11 is 0. The molecule has 2 N–H and O–H groups in total. The van der Waals surface area contributed by atoms with Gasteiger partial charge in [-0.3, -0.25) is 4.68 Å². The average molecular weight is 153 g/mol. The lowest BCUT2D eigenvalue weighted by molar-refractivity contribution is 0.621. The summed E-state index contributed by atoms with van der Waals surface area (Å²) in [6.07, 6.45) is 2.81. The van der Waals surface area contributed by atoms with E-state index in [1.807, 2.05) is 13.2 Å². The van der Waals surface area contributed by atoms with E-state index in [9.17, 15) is 0 Å². The maximum atomic E-state index is 5.71. The Morgan fingerprint density at radius 1 is 1.64 bits per heavy atom. The summed E-state index contributed by atoms with van der Waals surface area (Å²) in [5.41, 5.74) is 7.53. The summed E-state index contributed by atoms with van der Waals surface area (Å²) in [6.45, 7) is 4.32. The Morgan fingerprint density at radius 3 is 2.64 bits per heavy atom. The van der Waals surface area contributed by atoms with Crippen molar-refractivity contribution in [1.29, 1.82) is 0 Å². The van der Waals surface area contributed by atoms with Crippen LogP contribution in [0.4, 0.5) is 5.69 Å². The maximum Gasteiger partial charge on any atom is 0.0856 e. The van der Waals surface area contributed by atoms with Crippen LogP contribution in [0.5, 0.6) is 0 Å². The zero-order chi connectivity index (χ0) is 8.43. The summed E-state index contributed by atoms with van der Waals surface area (Å²) in [6, 6.07) is 0. The van der Waals surface area contributed by atoms with Gasteiger partial charge in [0.2, 0.25) is 0 Å². The predicted molar refractivity (Wildman–Crippen MR) is 46.2 cm³/mol. The third kappa shape index (κ3) is 1.97. The molecular weight excluding hydrogens is 138 g/mol. The molecule has 3 heteroatoms. The minimum atomic E-state index is 0.618. The van der Waals surface area contributed by atoms with Gasteiger partial charge in [-0.15, -0.1) is 0 Å². The van der Waals surface area contributed by atoms with Gasteiger partial charge in [0.05, 0.1) is 11.4 Å². The largest absolute Gasteiger partial charge is 0.396 e. The molecule has 1 aromatic heterocycles. The van der Waals surface area contributed by atoms with Crippen molar-refractivity contribution in [2.24, 2.45) is 13.0 Å². The molecule has 1 heterocycles. The Bertz CT molecular complexity index is 237. The lowest BCUT2D eigenvalue weighted by Gasteiger charge is -2.00. The number of aromatic nitrogens is 2. The van der Waals surface area contributed by atoms with Crippen molar-refractivity contribution in [3.63, 3.8) is 0 Å². The number of nitrogens with two attached hydrogens (primary N) is 1. The van der Waals surface area contributed by atoms with Crippen LogP contribution < -0.4 is 5.73 Å². The molecule has 0 saturated heterocycles. The Labute approximate surface area is 67.2 Å². The van der Waals surface area contributed by atoms with Crippen molar-refractivity contribution in [2.75, 3.05) is 5.73 Å². The molecule has 1 aromatic rings. The number of nitrogens with zero attached hydrogens (tertiary/aromatic N) is 2. The van der Waals surface area contributed by atoms with Gasteiger partial charge in [-0.2, -0.15) is 5.10 Å². The smallest absolute Gasteiger partial charge is 0.0856 e. The summed E-state index contributed by atoms with van der Waals surface area (Å²) in [7, 11) is 1.89. The minimum absolute atomic E-state index is 0.618. The van der Waals surface area contributed by atoms with Crippen LogP contribution in [-0.4, -0.2) is 9.78 Å². The molecule has 0 atom stereocenters. The highest BCUT2D eigenvalue weighted by atomic mass is 15.3. The average Bonchev–Trinajstić information content (AvgIpc) is 2.09. The molecule has 3 nitrogen and oxygen atoms in total. The molecule has 0 aliphatic rings. The van der Waals surface area contributed by atoms with Gasteiger partial charge in [-0.05, 0) is 12.3 Å². The van der Waals surface area contributed by atoms with Gasteiger partial charge in [0.15, 0.2) is 0 Å². The monoisotopic (exact) mass is 153 g/mol. The molecule has 0 bridgehead atoms. The molecule has 0 unspecified atom stereocenters. The van der Waals surface area contributed by atoms with Crippen LogP contribution in [0.1, 0.15) is 19.5 Å². The summed E-state index contributed by atoms with van der Waals surface area (Å²) in [4.78, 5) is 0. The van der Waals surface area contributed by atoms with Gasteiger partial charge in [0.1, 0.15) is 0 Å². The molecule has 1 rings (SSSR count). The number of hydrogen-bond donors (Lipinski definition) is 1. The molecular formula is C8H15N3. The van der Waals surface area contributed by atoms with Crippen molar-refractivity contribution in [3.05, 3.63) is 11.9 Å². The number of aryl methyl sites for hydroxylation is 1. The van der Waals surface area contributed by atoms with E-state index in [2.05, 4.69) is 18.9 Å². The topological polar surface area (TPSA) is 43.8 Å². The lowest BCUT2D eigenvalue weighted by atomic mass is 10.1. The molecule has 0 spiro atoms. The third-order valence-corrected chi connectivity index (χ3v) is 1.54. The van der Waals surface area contributed by atoms with Gasteiger partial charge >= 0.3 is 0 Å². The predicted octanol–water partition coefficient (Wildman–Crippen LogP) is 1.20. The van der Waals surface area contributed by atoms with E-state index in [0.717, 1.165) is 17.8 Å². The van der Waals surface area contributed by atoms with E-state index in [0.29, 0.717) is 5.92 Å². The summed E-state index contributed by atoms with van der Waals surface area (Å²) < 4.78 is 1.76. The second kappa shape index (κ2) is 2.95. The standard InChI is InChI=1S/C8H15N3/c1-6(2)4-8-7(9)5-11(3)10-8/h5-6H,4,9H2,1-3H3. The van der Waals surface area contributed by atoms with Crippen molar-refractivity contribution >= 4 is 5.69 Å². The molecule has 0 fully saturated rings. The van der Waals surface area contributed by atoms with Crippen LogP contribution in [0, 0.1) is 5.92 Å². The Kier molecular flexibility index (Phi) is 2.17. The fourth-order valence-corrected chi connectivity index (χ4v) is 1.10. The molecule has 0 saturated carbocycles. The van der Waals surface area contributed by atoms with Crippen LogP contribution in [-0.2, 0) is 13.5 Å². The first-order chi connectivity index (χ1) is 5.09. The third-order valence-electron chi connectivity index (χ3n) is 1.54. The van der Waals surface area contributed by atoms with Gasteiger partial charge < -0.3 is 5.73 Å². The quantitative estimate of drug-likeness (QED) is 0.693. The molecule has 0 amide bonds. The Balaban J connectivity index is 2.77. The van der Waals surface area contributed by atoms with Crippen LogP contribution >= 0.6 is 0 Å². The van der Waals surface area contributed by atoms with Crippen LogP contribution in [0.3, 0.4) is 0 Å². The molecule has 0 aliphatic carbocycles. The molecule has 0 aromatic carbocycles. The van der Waals surface area contributed by atoms with Crippen molar-refractivity contribution in [2.45, 2.75) is 20.3 Å². The maximum absolute atomic E-state index is 5.71. The number of rotatable bonds is 2. The Hall–Kier alpha value is -0.990. The van der Waals surface area contributed by atoms with Gasteiger partial charge in [0.25, 0.3) is 0 Å². The van der Waals surface area contributed by atoms with Crippen LogP contribution in [0.25, 0.3) is 0 Å². The number of nitrogen functional groups attached to an aromatic ring is 1. The molecule has 0 radical (unpaired) electrons. The second-order valence-corrected chi connectivity index (χ2v) is 3.30. The summed E-state index contributed by atoms with van der Waals surface area (Å²) in [5, 5.41) is 4.24. The first kappa shape index (κ1) is 8.11. The highest BCUT2D eigenvalue weighted by Crippen LogP contribution is 2.12. The van der Waals surface area contributed by atoms with Crippen molar-refractivity contribution < 1.29 is 0 Å². The van der Waals surface area contributed by atoms with E-state index in [4.69, 9.17) is 5.73 Å². The number of anilines is 1. The van der Waals surface area contributed by atoms with Crippen LogP contribution in [0.15, 0.2) is 6.20 Å². The minimum Gasteiger partial charge on any atom is -0.396 e. The van der Waals surface area contributed by atoms with E-state index in [-0.39, 0.29) is 0 Å². The van der Waals surface area contributed by atoms with E-state index in [1.165, 1.54) is 0 Å². The highest BCUT2D eigenvalue weighted by molar-refractivity contribution is 5.40. The lowest BCUT2D eigenvalue weighted by Crippen LogP contribution is -1.98. The highest BCUT2D eigenvalue weighted by Gasteiger charge is 2.05. The SMILES string of the molecule is CC(C)Cc1nn(C)cc1N. The Morgan fingerprint density at radius 2 is 2.27 bits per heavy atom. The van der Waals surface area contributed by atoms with Crippen LogP contribution in [0.2, 0.25) is 0 Å². The summed E-state index contributed by atoms with van der Waals surface area (Å²) in [5.74, 6) is 0.618. The van der Waals surface area contributed by atoms with Crippen molar-refractivity contribution in [1.82, 2.24) is 9.78 Å². The van der Waals surface area contributed by atoms with E-state index < -0.39 is 0 Å². The second-order valence-electron chi connectivity index (χ2n) is 3.30. The fourth-order valence-electron chi connectivity index (χ4n) is 1.10. The first-order valence-electron chi connectivity index (χ1n) is 3.87. The molecule has 62 valence electrons. The zero-order valence-electron chi connectivity index (χ0n) is 7.33. The number of hydrogen-bond acceptors (Lipinski definition) is 2. The van der Waals surface area contributed by atoms with Gasteiger partial charge in [0, 0.05) is 13.2 Å².